The van der Waals surface area contributed by atoms with Crippen molar-refractivity contribution in [1.29, 1.82) is 0 Å². The third-order valence-corrected chi connectivity index (χ3v) is 4.19. The van der Waals surface area contributed by atoms with E-state index in [0.717, 1.165) is 18.8 Å². The van der Waals surface area contributed by atoms with Gasteiger partial charge in [-0.2, -0.15) is 0 Å². The van der Waals surface area contributed by atoms with E-state index in [0.29, 0.717) is 31.0 Å². The SMILES string of the molecule is CCOC(=O)c1ccc(N2CCN(C(=O)c3ccccn3)CC2)cc1. The van der Waals surface area contributed by atoms with E-state index in [1.807, 2.05) is 23.1 Å². The first kappa shape index (κ1) is 17.0. The Balaban J connectivity index is 1.59. The molecule has 1 aromatic carbocycles. The van der Waals surface area contributed by atoms with E-state index in [1.165, 1.54) is 0 Å². The summed E-state index contributed by atoms with van der Waals surface area (Å²) in [6.45, 7) is 4.95. The second kappa shape index (κ2) is 7.79. The van der Waals surface area contributed by atoms with Crippen LogP contribution >= 0.6 is 0 Å². The van der Waals surface area contributed by atoms with E-state index in [-0.39, 0.29) is 11.9 Å². The molecule has 2 heterocycles. The summed E-state index contributed by atoms with van der Waals surface area (Å²) >= 11 is 0. The van der Waals surface area contributed by atoms with Gasteiger partial charge < -0.3 is 14.5 Å². The zero-order chi connectivity index (χ0) is 17.6. The Morgan fingerprint density at radius 3 is 2.36 bits per heavy atom. The van der Waals surface area contributed by atoms with Crippen molar-refractivity contribution in [1.82, 2.24) is 9.88 Å². The maximum Gasteiger partial charge on any atom is 0.338 e. The Kier molecular flexibility index (Phi) is 5.28. The number of aromatic nitrogens is 1. The maximum atomic E-state index is 12.4. The van der Waals surface area contributed by atoms with E-state index < -0.39 is 0 Å². The number of anilines is 1. The van der Waals surface area contributed by atoms with Crippen molar-refractivity contribution in [3.8, 4) is 0 Å². The Bertz CT molecular complexity index is 723. The summed E-state index contributed by atoms with van der Waals surface area (Å²) in [5.41, 5.74) is 2.07. The Morgan fingerprint density at radius 2 is 1.76 bits per heavy atom. The molecule has 1 fully saturated rings. The van der Waals surface area contributed by atoms with Crippen LogP contribution in [0.15, 0.2) is 48.7 Å². The quantitative estimate of drug-likeness (QED) is 0.799. The summed E-state index contributed by atoms with van der Waals surface area (Å²) in [5.74, 6) is -0.335. The average molecular weight is 339 g/mol. The van der Waals surface area contributed by atoms with Crippen LogP contribution in [0.2, 0.25) is 0 Å². The van der Waals surface area contributed by atoms with Gasteiger partial charge in [-0.25, -0.2) is 4.79 Å². The number of ether oxygens (including phenoxy) is 1. The highest BCUT2D eigenvalue weighted by Crippen LogP contribution is 2.18. The fourth-order valence-electron chi connectivity index (χ4n) is 2.84. The lowest BCUT2D eigenvalue weighted by Crippen LogP contribution is -2.49. The summed E-state index contributed by atoms with van der Waals surface area (Å²) in [6, 6.07) is 12.8. The summed E-state index contributed by atoms with van der Waals surface area (Å²) in [6.07, 6.45) is 1.63. The van der Waals surface area contributed by atoms with Crippen LogP contribution in [0.1, 0.15) is 27.8 Å². The van der Waals surface area contributed by atoms with Crippen LogP contribution in [-0.4, -0.2) is 54.5 Å². The summed E-state index contributed by atoms with van der Waals surface area (Å²) < 4.78 is 4.99. The Morgan fingerprint density at radius 1 is 1.04 bits per heavy atom. The molecule has 0 spiro atoms. The molecule has 25 heavy (non-hydrogen) atoms. The number of nitrogens with zero attached hydrogens (tertiary/aromatic N) is 3. The second-order valence-corrected chi connectivity index (χ2v) is 5.76. The molecule has 0 aliphatic carbocycles. The van der Waals surface area contributed by atoms with Crippen molar-refractivity contribution in [2.24, 2.45) is 0 Å². The number of piperazine rings is 1. The number of amides is 1. The van der Waals surface area contributed by atoms with Gasteiger partial charge in [0.05, 0.1) is 12.2 Å². The lowest BCUT2D eigenvalue weighted by atomic mass is 10.1. The molecule has 0 atom stereocenters. The molecule has 1 aromatic heterocycles. The third-order valence-electron chi connectivity index (χ3n) is 4.19. The predicted molar refractivity (Wildman–Crippen MR) is 94.8 cm³/mol. The minimum absolute atomic E-state index is 0.0297. The van der Waals surface area contributed by atoms with Gasteiger partial charge in [-0.1, -0.05) is 6.07 Å². The number of esters is 1. The lowest BCUT2D eigenvalue weighted by molar-refractivity contribution is 0.0526. The van der Waals surface area contributed by atoms with E-state index in [2.05, 4.69) is 9.88 Å². The fraction of sp³-hybridized carbons (Fsp3) is 0.316. The third kappa shape index (κ3) is 3.96. The first-order valence-electron chi connectivity index (χ1n) is 8.41. The molecular formula is C19H21N3O3. The number of carbonyl (C=O) groups excluding carboxylic acids is 2. The zero-order valence-corrected chi connectivity index (χ0v) is 14.2. The molecule has 0 bridgehead atoms. The standard InChI is InChI=1S/C19H21N3O3/c1-2-25-19(24)15-6-8-16(9-7-15)21-11-13-22(14-12-21)18(23)17-5-3-4-10-20-17/h3-10H,2,11-14H2,1H3. The molecule has 0 N–H and O–H groups in total. The smallest absolute Gasteiger partial charge is 0.338 e. The van der Waals surface area contributed by atoms with Crippen LogP contribution in [0.4, 0.5) is 5.69 Å². The molecule has 2 aromatic rings. The van der Waals surface area contributed by atoms with Gasteiger partial charge in [0.2, 0.25) is 0 Å². The number of rotatable bonds is 4. The highest BCUT2D eigenvalue weighted by Gasteiger charge is 2.23. The van der Waals surface area contributed by atoms with Gasteiger partial charge in [0.15, 0.2) is 0 Å². The zero-order valence-electron chi connectivity index (χ0n) is 14.2. The molecule has 3 rings (SSSR count). The summed E-state index contributed by atoms with van der Waals surface area (Å²) in [5, 5.41) is 0. The average Bonchev–Trinajstić information content (AvgIpc) is 2.68. The minimum Gasteiger partial charge on any atom is -0.462 e. The monoisotopic (exact) mass is 339 g/mol. The van der Waals surface area contributed by atoms with Gasteiger partial charge in [0.1, 0.15) is 5.69 Å². The normalized spacial score (nSPS) is 14.3. The number of benzene rings is 1. The van der Waals surface area contributed by atoms with Crippen LogP contribution in [0.5, 0.6) is 0 Å². The number of hydrogen-bond acceptors (Lipinski definition) is 5. The van der Waals surface area contributed by atoms with E-state index >= 15 is 0 Å². The Labute approximate surface area is 147 Å². The fourth-order valence-corrected chi connectivity index (χ4v) is 2.84. The predicted octanol–water partition coefficient (Wildman–Crippen LogP) is 2.22. The van der Waals surface area contributed by atoms with Crippen LogP contribution in [0.25, 0.3) is 0 Å². The molecule has 0 unspecified atom stereocenters. The second-order valence-electron chi connectivity index (χ2n) is 5.76. The molecule has 1 amide bonds. The van der Waals surface area contributed by atoms with Gasteiger partial charge in [-0.05, 0) is 43.3 Å². The number of pyridine rings is 1. The van der Waals surface area contributed by atoms with Crippen molar-refractivity contribution in [2.75, 3.05) is 37.7 Å². The van der Waals surface area contributed by atoms with Crippen LogP contribution in [-0.2, 0) is 4.74 Å². The summed E-state index contributed by atoms with van der Waals surface area (Å²) in [7, 11) is 0. The topological polar surface area (TPSA) is 62.7 Å². The van der Waals surface area contributed by atoms with Crippen molar-refractivity contribution >= 4 is 17.6 Å². The first-order valence-corrected chi connectivity index (χ1v) is 8.41. The van der Waals surface area contributed by atoms with Gasteiger partial charge in [-0.3, -0.25) is 9.78 Å². The molecule has 0 saturated carbocycles. The van der Waals surface area contributed by atoms with Gasteiger partial charge in [0.25, 0.3) is 5.91 Å². The Hall–Kier alpha value is -2.89. The molecule has 6 nitrogen and oxygen atoms in total. The van der Waals surface area contributed by atoms with Crippen molar-refractivity contribution < 1.29 is 14.3 Å². The molecule has 1 aliphatic heterocycles. The van der Waals surface area contributed by atoms with Crippen LogP contribution in [0.3, 0.4) is 0 Å². The lowest BCUT2D eigenvalue weighted by Gasteiger charge is -2.36. The highest BCUT2D eigenvalue weighted by atomic mass is 16.5. The van der Waals surface area contributed by atoms with Crippen LogP contribution in [0, 0.1) is 0 Å². The minimum atomic E-state index is -0.306. The molecule has 130 valence electrons. The van der Waals surface area contributed by atoms with Gasteiger partial charge in [0, 0.05) is 38.1 Å². The molecule has 1 saturated heterocycles. The molecule has 6 heteroatoms. The molecule has 0 radical (unpaired) electrons. The van der Waals surface area contributed by atoms with Crippen molar-refractivity contribution in [2.45, 2.75) is 6.92 Å². The summed E-state index contributed by atoms with van der Waals surface area (Å²) in [4.78, 5) is 32.3. The number of carbonyl (C=O) groups is 2. The van der Waals surface area contributed by atoms with Gasteiger partial charge >= 0.3 is 5.97 Å². The van der Waals surface area contributed by atoms with Crippen LogP contribution < -0.4 is 4.90 Å². The van der Waals surface area contributed by atoms with E-state index in [9.17, 15) is 9.59 Å². The molecule has 1 aliphatic rings. The maximum absolute atomic E-state index is 12.4. The highest BCUT2D eigenvalue weighted by molar-refractivity contribution is 5.92. The largest absolute Gasteiger partial charge is 0.462 e. The van der Waals surface area contributed by atoms with Gasteiger partial charge in [-0.15, -0.1) is 0 Å². The number of hydrogen-bond donors (Lipinski definition) is 0. The molecular weight excluding hydrogens is 318 g/mol. The van der Waals surface area contributed by atoms with E-state index in [1.54, 1.807) is 37.4 Å². The van der Waals surface area contributed by atoms with E-state index in [4.69, 9.17) is 4.74 Å². The van der Waals surface area contributed by atoms with Crippen molar-refractivity contribution in [3.05, 3.63) is 59.9 Å². The first-order chi connectivity index (χ1) is 12.2. The van der Waals surface area contributed by atoms with Crippen molar-refractivity contribution in [3.63, 3.8) is 0 Å².